The summed E-state index contributed by atoms with van der Waals surface area (Å²) in [6, 6.07) is 5.11. The van der Waals surface area contributed by atoms with Gasteiger partial charge in [-0.1, -0.05) is 37.3 Å². The van der Waals surface area contributed by atoms with Gasteiger partial charge in [-0.25, -0.2) is 4.79 Å². The third-order valence-electron chi connectivity index (χ3n) is 5.64. The smallest absolute Gasteiger partial charge is 0.328 e. The third kappa shape index (κ3) is 12.2. The van der Waals surface area contributed by atoms with Crippen LogP contribution in [-0.2, 0) is 30.3 Å². The Morgan fingerprint density at radius 3 is 2.15 bits per heavy atom. The number of ether oxygens (including phenoxy) is 2. The third-order valence-corrected chi connectivity index (χ3v) is 5.64. The molecule has 0 heterocycles. The topological polar surface area (TPSA) is 187 Å². The number of aliphatic imine (C=N–C) groups is 1. The van der Waals surface area contributed by atoms with Gasteiger partial charge in [-0.15, -0.1) is 6.58 Å². The maximum absolute atomic E-state index is 13.3. The molecule has 0 fully saturated rings. The lowest BCUT2D eigenvalue weighted by molar-refractivity contribution is -0.147. The molecule has 0 unspecified atom stereocenters. The monoisotopic (exact) mass is 544 g/mol. The molecule has 0 aliphatic rings. The van der Waals surface area contributed by atoms with Crippen molar-refractivity contribution < 1.29 is 28.7 Å². The number of carbonyl (C=O) groups excluding carboxylic acids is 4. The average Bonchev–Trinajstić information content (AvgIpc) is 2.92. The molecule has 0 aliphatic heterocycles. The molecule has 0 saturated heterocycles. The van der Waals surface area contributed by atoms with E-state index in [1.54, 1.807) is 30.3 Å². The van der Waals surface area contributed by atoms with Crippen molar-refractivity contribution in [3.63, 3.8) is 0 Å². The molecule has 1 aromatic rings. The summed E-state index contributed by atoms with van der Waals surface area (Å²) in [7, 11) is 2.66. The van der Waals surface area contributed by atoms with Gasteiger partial charge in [-0.3, -0.25) is 19.4 Å². The van der Waals surface area contributed by atoms with Crippen molar-refractivity contribution in [2.45, 2.75) is 44.2 Å². The van der Waals surface area contributed by atoms with Crippen LogP contribution in [0.25, 0.3) is 0 Å². The molecule has 0 aromatic heterocycles. The Labute approximate surface area is 229 Å². The molecule has 12 nitrogen and oxygen atoms in total. The highest BCUT2D eigenvalue weighted by molar-refractivity contribution is 6.02. The zero-order valence-electron chi connectivity index (χ0n) is 22.6. The summed E-state index contributed by atoms with van der Waals surface area (Å²) in [4.78, 5) is 55.1. The SMILES string of the molecule is C=CCOc1ccc(C[C@H](NC(=O)[C@H](CCCCN=C(N)N)C(=O)N[C@@H](CC=C)C(=O)OC)C(=O)NC)cc1. The van der Waals surface area contributed by atoms with E-state index in [0.29, 0.717) is 31.7 Å². The summed E-state index contributed by atoms with van der Waals surface area (Å²) in [6.45, 7) is 7.88. The van der Waals surface area contributed by atoms with Gasteiger partial charge in [0.1, 0.15) is 30.4 Å². The fourth-order valence-corrected chi connectivity index (χ4v) is 3.61. The van der Waals surface area contributed by atoms with Crippen molar-refractivity contribution in [3.8, 4) is 5.75 Å². The number of likely N-dealkylation sites (N-methyl/N-ethyl adjacent to an activating group) is 1. The molecule has 3 atom stereocenters. The van der Waals surface area contributed by atoms with Crippen LogP contribution in [0.2, 0.25) is 0 Å². The van der Waals surface area contributed by atoms with Crippen LogP contribution in [0.15, 0.2) is 54.6 Å². The second-order valence-corrected chi connectivity index (χ2v) is 8.59. The van der Waals surface area contributed by atoms with Crippen LogP contribution in [0.4, 0.5) is 0 Å². The lowest BCUT2D eigenvalue weighted by Crippen LogP contribution is -2.53. The fourth-order valence-electron chi connectivity index (χ4n) is 3.61. The first-order valence-electron chi connectivity index (χ1n) is 12.6. The molecule has 214 valence electrons. The van der Waals surface area contributed by atoms with Gasteiger partial charge in [0.05, 0.1) is 7.11 Å². The summed E-state index contributed by atoms with van der Waals surface area (Å²) in [6.07, 6.45) is 4.46. The van der Waals surface area contributed by atoms with Crippen molar-refractivity contribution in [3.05, 3.63) is 55.1 Å². The van der Waals surface area contributed by atoms with Gasteiger partial charge in [0.2, 0.25) is 17.7 Å². The number of nitrogens with one attached hydrogen (secondary N) is 3. The first kappa shape index (κ1) is 32.7. The maximum Gasteiger partial charge on any atom is 0.328 e. The minimum atomic E-state index is -1.19. The lowest BCUT2D eigenvalue weighted by atomic mass is 9.97. The van der Waals surface area contributed by atoms with Crippen molar-refractivity contribution in [1.29, 1.82) is 0 Å². The quantitative estimate of drug-likeness (QED) is 0.0436. The van der Waals surface area contributed by atoms with E-state index in [1.165, 1.54) is 20.2 Å². The molecule has 0 aliphatic carbocycles. The molecule has 3 amide bonds. The van der Waals surface area contributed by atoms with E-state index in [-0.39, 0.29) is 25.2 Å². The molecule has 0 bridgehead atoms. The number of nitrogens with zero attached hydrogens (tertiary/aromatic N) is 1. The highest BCUT2D eigenvalue weighted by atomic mass is 16.5. The number of hydrogen-bond donors (Lipinski definition) is 5. The van der Waals surface area contributed by atoms with Gasteiger partial charge in [0.15, 0.2) is 5.96 Å². The van der Waals surface area contributed by atoms with Crippen LogP contribution in [0.3, 0.4) is 0 Å². The molecule has 7 N–H and O–H groups in total. The van der Waals surface area contributed by atoms with Crippen LogP contribution >= 0.6 is 0 Å². The Balaban J connectivity index is 3.07. The van der Waals surface area contributed by atoms with Gasteiger partial charge in [-0.2, -0.15) is 0 Å². The lowest BCUT2D eigenvalue weighted by Gasteiger charge is -2.23. The van der Waals surface area contributed by atoms with Gasteiger partial charge in [0, 0.05) is 20.0 Å². The first-order chi connectivity index (χ1) is 18.7. The second kappa shape index (κ2) is 18.0. The van der Waals surface area contributed by atoms with Crippen LogP contribution < -0.4 is 32.2 Å². The van der Waals surface area contributed by atoms with Crippen molar-refractivity contribution >= 4 is 29.7 Å². The molecule has 39 heavy (non-hydrogen) atoms. The van der Waals surface area contributed by atoms with E-state index in [0.717, 1.165) is 5.56 Å². The highest BCUT2D eigenvalue weighted by Gasteiger charge is 2.32. The van der Waals surface area contributed by atoms with Crippen molar-refractivity contribution in [2.75, 3.05) is 27.3 Å². The molecular weight excluding hydrogens is 504 g/mol. The van der Waals surface area contributed by atoms with E-state index < -0.39 is 41.7 Å². The fraction of sp³-hybridized carbons (Fsp3) is 0.444. The number of nitrogens with two attached hydrogens (primary N) is 2. The zero-order valence-corrected chi connectivity index (χ0v) is 22.6. The predicted octanol–water partition coefficient (Wildman–Crippen LogP) is 0.319. The Morgan fingerprint density at radius 1 is 0.974 bits per heavy atom. The summed E-state index contributed by atoms with van der Waals surface area (Å²) >= 11 is 0. The second-order valence-electron chi connectivity index (χ2n) is 8.59. The number of amides is 3. The minimum absolute atomic E-state index is 0.0545. The van der Waals surface area contributed by atoms with Crippen LogP contribution in [0.5, 0.6) is 5.75 Å². The number of methoxy groups -OCH3 is 1. The standard InChI is InChI=1S/C27H40N6O6/c1-5-9-21(26(37)38-4)32-23(34)20(10-7-8-15-31-27(28)29)24(35)33-22(25(36)30-3)17-18-11-13-19(14-12-18)39-16-6-2/h5-6,11-14,20-22H,1-2,7-10,15-17H2,3-4H3,(H,30,36)(H,32,34)(H,33,35)(H4,28,29,31)/t20-,21+,22+/m1/s1. The van der Waals surface area contributed by atoms with E-state index in [1.807, 2.05) is 0 Å². The van der Waals surface area contributed by atoms with Crippen LogP contribution in [0, 0.1) is 5.92 Å². The Hall–Kier alpha value is -4.35. The van der Waals surface area contributed by atoms with E-state index in [9.17, 15) is 19.2 Å². The normalized spacial score (nSPS) is 12.6. The van der Waals surface area contributed by atoms with Gasteiger partial charge >= 0.3 is 5.97 Å². The molecular formula is C27H40N6O6. The molecule has 12 heteroatoms. The van der Waals surface area contributed by atoms with Crippen LogP contribution in [0.1, 0.15) is 31.2 Å². The molecule has 0 radical (unpaired) electrons. The predicted molar refractivity (Wildman–Crippen MR) is 149 cm³/mol. The molecule has 1 rings (SSSR count). The largest absolute Gasteiger partial charge is 0.490 e. The highest BCUT2D eigenvalue weighted by Crippen LogP contribution is 2.15. The van der Waals surface area contributed by atoms with E-state index >= 15 is 0 Å². The number of esters is 1. The molecule has 1 aromatic carbocycles. The maximum atomic E-state index is 13.3. The molecule has 0 saturated carbocycles. The van der Waals surface area contributed by atoms with E-state index in [4.69, 9.17) is 20.9 Å². The summed E-state index contributed by atoms with van der Waals surface area (Å²) < 4.78 is 10.2. The summed E-state index contributed by atoms with van der Waals surface area (Å²) in [5.41, 5.74) is 11.5. The van der Waals surface area contributed by atoms with Gasteiger partial charge in [-0.05, 0) is 37.0 Å². The van der Waals surface area contributed by atoms with Gasteiger partial charge < -0.3 is 36.9 Å². The summed E-state index contributed by atoms with van der Waals surface area (Å²) in [5.74, 6) is -3.04. The first-order valence-corrected chi connectivity index (χ1v) is 12.6. The molecule has 0 spiro atoms. The van der Waals surface area contributed by atoms with Crippen molar-refractivity contribution in [2.24, 2.45) is 22.4 Å². The number of rotatable bonds is 18. The summed E-state index contributed by atoms with van der Waals surface area (Å²) in [5, 5.41) is 7.80. The van der Waals surface area contributed by atoms with Crippen molar-refractivity contribution in [1.82, 2.24) is 16.0 Å². The number of unbranched alkanes of at least 4 members (excludes halogenated alkanes) is 1. The Bertz CT molecular complexity index is 1010. The minimum Gasteiger partial charge on any atom is -0.490 e. The van der Waals surface area contributed by atoms with E-state index in [2.05, 4.69) is 34.1 Å². The number of benzene rings is 1. The van der Waals surface area contributed by atoms with Crippen LogP contribution in [-0.4, -0.2) is 69.0 Å². The van der Waals surface area contributed by atoms with Gasteiger partial charge in [0.25, 0.3) is 0 Å². The Morgan fingerprint density at radius 2 is 1.62 bits per heavy atom. The number of carbonyl (C=O) groups is 4. The number of hydrogen-bond acceptors (Lipinski definition) is 7. The Kier molecular flexibility index (Phi) is 15.1. The number of guanidine groups is 1. The zero-order chi connectivity index (χ0) is 29.2. The average molecular weight is 545 g/mol.